The summed E-state index contributed by atoms with van der Waals surface area (Å²) in [5.41, 5.74) is 5.14. The number of carbonyl (C=O) groups excluding carboxylic acids is 1. The summed E-state index contributed by atoms with van der Waals surface area (Å²) in [6, 6.07) is 1.40. The van der Waals surface area contributed by atoms with Gasteiger partial charge in [-0.15, -0.1) is 0 Å². The second-order valence-corrected chi connectivity index (χ2v) is 3.40. The average molecular weight is 196 g/mol. The van der Waals surface area contributed by atoms with Crippen LogP contribution in [0.25, 0.3) is 0 Å². The topological polar surface area (TPSA) is 64.8 Å². The fourth-order valence-corrected chi connectivity index (χ4v) is 1.99. The molecule has 2 fully saturated rings. The van der Waals surface area contributed by atoms with E-state index < -0.39 is 6.03 Å². The number of hydrogen-bond donors (Lipinski definition) is 1. The van der Waals surface area contributed by atoms with Gasteiger partial charge in [0.25, 0.3) is 0 Å². The van der Waals surface area contributed by atoms with Crippen LogP contribution in [0.3, 0.4) is 0 Å². The van der Waals surface area contributed by atoms with E-state index in [4.69, 9.17) is 21.6 Å². The summed E-state index contributed by atoms with van der Waals surface area (Å²) in [5, 5.41) is 0. The van der Waals surface area contributed by atoms with Crippen LogP contribution in [0.15, 0.2) is 0 Å². The largest absolute Gasteiger partial charge is 0.373 e. The lowest BCUT2D eigenvalue weighted by atomic mass is 10.1. The molecule has 2 saturated heterocycles. The average Bonchev–Trinajstić information content (AvgIpc) is 2.69. The Kier molecular flexibility index (Phi) is 2.32. The molecule has 0 saturated carbocycles. The molecule has 5 nitrogen and oxygen atoms in total. The van der Waals surface area contributed by atoms with Gasteiger partial charge in [-0.25, -0.2) is 9.69 Å². The molecule has 0 radical (unpaired) electrons. The number of amides is 2. The first kappa shape index (κ1) is 9.31. The molecular weight excluding hydrogens is 184 g/mol. The standard InChI is InChI=1S/C9H12N2O3/c1-2-11(9(10)12)6-5-14-7-3-4-13-8(6)7/h1,6-8H,3-5H2,(H2,10,12). The summed E-state index contributed by atoms with van der Waals surface area (Å²) in [6.07, 6.45) is 6.01. The Morgan fingerprint density at radius 2 is 2.36 bits per heavy atom. The minimum atomic E-state index is -0.628. The summed E-state index contributed by atoms with van der Waals surface area (Å²) in [7, 11) is 0. The zero-order valence-electron chi connectivity index (χ0n) is 7.68. The molecule has 2 aliphatic heterocycles. The van der Waals surface area contributed by atoms with E-state index in [1.807, 2.05) is 0 Å². The normalized spacial score (nSPS) is 34.9. The fourth-order valence-electron chi connectivity index (χ4n) is 1.99. The number of hydrogen-bond acceptors (Lipinski definition) is 3. The molecule has 0 spiro atoms. The van der Waals surface area contributed by atoms with E-state index >= 15 is 0 Å². The lowest BCUT2D eigenvalue weighted by Crippen LogP contribution is -2.47. The third kappa shape index (κ3) is 1.33. The third-order valence-electron chi connectivity index (χ3n) is 2.65. The predicted octanol–water partition coefficient (Wildman–Crippen LogP) is -0.486. The van der Waals surface area contributed by atoms with E-state index in [0.29, 0.717) is 13.2 Å². The number of rotatable bonds is 1. The molecule has 2 rings (SSSR count). The number of ether oxygens (including phenoxy) is 2. The van der Waals surface area contributed by atoms with E-state index in [1.54, 1.807) is 0 Å². The van der Waals surface area contributed by atoms with Crippen molar-refractivity contribution in [3.05, 3.63) is 0 Å². The van der Waals surface area contributed by atoms with Gasteiger partial charge in [0.05, 0.1) is 18.8 Å². The van der Waals surface area contributed by atoms with Gasteiger partial charge >= 0.3 is 6.03 Å². The number of nitrogens with zero attached hydrogens (tertiary/aromatic N) is 1. The highest BCUT2D eigenvalue weighted by molar-refractivity contribution is 5.74. The monoisotopic (exact) mass is 196 g/mol. The van der Waals surface area contributed by atoms with E-state index in [9.17, 15) is 4.79 Å². The molecule has 2 amide bonds. The number of terminal acetylenes is 1. The van der Waals surface area contributed by atoms with Crippen LogP contribution in [-0.4, -0.2) is 42.4 Å². The van der Waals surface area contributed by atoms with Crippen molar-refractivity contribution in [2.45, 2.75) is 24.7 Å². The van der Waals surface area contributed by atoms with Gasteiger partial charge in [0, 0.05) is 12.7 Å². The highest BCUT2D eigenvalue weighted by Gasteiger charge is 2.45. The van der Waals surface area contributed by atoms with Crippen LogP contribution >= 0.6 is 0 Å². The zero-order chi connectivity index (χ0) is 10.1. The van der Waals surface area contributed by atoms with Gasteiger partial charge in [-0.05, 0) is 6.42 Å². The van der Waals surface area contributed by atoms with Gasteiger partial charge in [-0.2, -0.15) is 0 Å². The number of urea groups is 1. The van der Waals surface area contributed by atoms with Gasteiger partial charge in [0.2, 0.25) is 0 Å². The van der Waals surface area contributed by atoms with Gasteiger partial charge in [0.1, 0.15) is 6.10 Å². The lowest BCUT2D eigenvalue weighted by molar-refractivity contribution is 0.0603. The van der Waals surface area contributed by atoms with Crippen molar-refractivity contribution in [2.24, 2.45) is 5.73 Å². The minimum Gasteiger partial charge on any atom is -0.373 e. The van der Waals surface area contributed by atoms with Gasteiger partial charge in [0.15, 0.2) is 0 Å². The number of primary amides is 1. The van der Waals surface area contributed by atoms with Crippen molar-refractivity contribution in [3.63, 3.8) is 0 Å². The first-order valence-corrected chi connectivity index (χ1v) is 4.52. The predicted molar refractivity (Wildman–Crippen MR) is 48.1 cm³/mol. The van der Waals surface area contributed by atoms with Crippen molar-refractivity contribution in [3.8, 4) is 12.5 Å². The molecule has 2 aliphatic rings. The molecule has 0 bridgehead atoms. The van der Waals surface area contributed by atoms with Crippen LogP contribution in [0, 0.1) is 12.5 Å². The quantitative estimate of drug-likeness (QED) is 0.455. The highest BCUT2D eigenvalue weighted by atomic mass is 16.6. The van der Waals surface area contributed by atoms with Crippen LogP contribution in [0.1, 0.15) is 6.42 Å². The first-order chi connectivity index (χ1) is 6.74. The van der Waals surface area contributed by atoms with Crippen LogP contribution in [0.4, 0.5) is 4.79 Å². The lowest BCUT2D eigenvalue weighted by Gasteiger charge is -2.23. The Bertz CT molecular complexity index is 286. The Morgan fingerprint density at radius 3 is 3.00 bits per heavy atom. The highest BCUT2D eigenvalue weighted by Crippen LogP contribution is 2.29. The molecule has 0 aromatic heterocycles. The van der Waals surface area contributed by atoms with E-state index in [1.165, 1.54) is 0 Å². The molecule has 5 heteroatoms. The van der Waals surface area contributed by atoms with Crippen LogP contribution in [0.5, 0.6) is 0 Å². The molecule has 3 atom stereocenters. The molecule has 14 heavy (non-hydrogen) atoms. The molecule has 3 unspecified atom stereocenters. The summed E-state index contributed by atoms with van der Waals surface area (Å²) >= 11 is 0. The third-order valence-corrected chi connectivity index (χ3v) is 2.65. The van der Waals surface area contributed by atoms with Crippen molar-refractivity contribution in [1.82, 2.24) is 4.90 Å². The number of fused-ring (bicyclic) bond motifs is 1. The molecular formula is C9H12N2O3. The second kappa shape index (κ2) is 3.48. The smallest absolute Gasteiger partial charge is 0.326 e. The Hall–Kier alpha value is -1.25. The SMILES string of the molecule is C#CN(C(N)=O)C1COC2CCOC21. The van der Waals surface area contributed by atoms with Crippen molar-refractivity contribution < 1.29 is 14.3 Å². The second-order valence-electron chi connectivity index (χ2n) is 3.40. The molecule has 0 aromatic rings. The number of nitrogens with two attached hydrogens (primary N) is 1. The molecule has 0 aliphatic carbocycles. The maximum Gasteiger partial charge on any atom is 0.326 e. The van der Waals surface area contributed by atoms with Crippen LogP contribution in [0.2, 0.25) is 0 Å². The van der Waals surface area contributed by atoms with Crippen LogP contribution in [-0.2, 0) is 9.47 Å². The Morgan fingerprint density at radius 1 is 1.57 bits per heavy atom. The number of carbonyl (C=O) groups is 1. The molecule has 2 N–H and O–H groups in total. The van der Waals surface area contributed by atoms with Crippen molar-refractivity contribution >= 4 is 6.03 Å². The maximum atomic E-state index is 11.0. The van der Waals surface area contributed by atoms with Crippen LogP contribution < -0.4 is 5.73 Å². The van der Waals surface area contributed by atoms with Gasteiger partial charge in [-0.3, -0.25) is 0 Å². The fraction of sp³-hybridized carbons (Fsp3) is 0.667. The molecule has 76 valence electrons. The van der Waals surface area contributed by atoms with Crippen molar-refractivity contribution in [1.29, 1.82) is 0 Å². The summed E-state index contributed by atoms with van der Waals surface area (Å²) in [4.78, 5) is 12.1. The van der Waals surface area contributed by atoms with E-state index in [2.05, 4.69) is 6.04 Å². The Balaban J connectivity index is 2.11. The molecule has 2 heterocycles. The Labute approximate surface area is 82.1 Å². The summed E-state index contributed by atoms with van der Waals surface area (Å²) in [6.45, 7) is 1.06. The minimum absolute atomic E-state index is 0.0650. The van der Waals surface area contributed by atoms with E-state index in [-0.39, 0.29) is 18.2 Å². The van der Waals surface area contributed by atoms with Gasteiger partial charge in [-0.1, -0.05) is 6.42 Å². The maximum absolute atomic E-state index is 11.0. The zero-order valence-corrected chi connectivity index (χ0v) is 7.68. The summed E-state index contributed by atoms with van der Waals surface area (Å²) < 4.78 is 10.9. The summed E-state index contributed by atoms with van der Waals surface area (Å²) in [5.74, 6) is 0. The van der Waals surface area contributed by atoms with Gasteiger partial charge < -0.3 is 15.2 Å². The van der Waals surface area contributed by atoms with E-state index in [0.717, 1.165) is 11.3 Å². The molecule has 0 aromatic carbocycles. The first-order valence-electron chi connectivity index (χ1n) is 4.52. The van der Waals surface area contributed by atoms with Crippen molar-refractivity contribution in [2.75, 3.05) is 13.2 Å².